The average molecular weight is 450 g/mol. The quantitative estimate of drug-likeness (QED) is 0.499. The maximum absolute atomic E-state index is 7.50. The zero-order valence-corrected chi connectivity index (χ0v) is 16.4. The summed E-state index contributed by atoms with van der Waals surface area (Å²) in [4.78, 5) is 0. The molecule has 0 saturated carbocycles. The minimum absolute atomic E-state index is 0. The molecule has 0 spiro atoms. The van der Waals surface area contributed by atoms with Crippen LogP contribution in [0.2, 0.25) is 0 Å². The topological polar surface area (TPSA) is 158 Å². The molecule has 0 amide bonds. The smallest absolute Gasteiger partial charge is 0 e. The van der Waals surface area contributed by atoms with Gasteiger partial charge in [-0.3, -0.25) is 0 Å². The van der Waals surface area contributed by atoms with Gasteiger partial charge in [0.1, 0.15) is 0 Å². The molecular formula is C16H10Cr2O9. The first-order valence-corrected chi connectivity index (χ1v) is 5.57. The summed E-state index contributed by atoms with van der Waals surface area (Å²) in [5.74, 6) is 0.813. The van der Waals surface area contributed by atoms with Crippen LogP contribution in [0.15, 0.2) is 24.3 Å². The molecule has 0 saturated heterocycles. The van der Waals surface area contributed by atoms with Crippen LogP contribution in [0.25, 0.3) is 0 Å². The number of methoxy groups -OCH3 is 2. The van der Waals surface area contributed by atoms with Gasteiger partial charge in [-0.25, -0.2) is 0 Å². The first-order chi connectivity index (χ1) is 12.8. The van der Waals surface area contributed by atoms with Crippen molar-refractivity contribution >= 4 is 4.57 Å². The molecule has 0 unspecified atom stereocenters. The molecule has 0 heterocycles. The molecule has 0 N–H and O–H groups in total. The van der Waals surface area contributed by atoms with E-state index >= 15 is 0 Å². The van der Waals surface area contributed by atoms with E-state index in [1.807, 2.05) is 24.3 Å². The summed E-state index contributed by atoms with van der Waals surface area (Å²) in [6.45, 7) is 31.5. The Balaban J connectivity index is -0.0000000342. The first kappa shape index (κ1) is 49.9. The molecule has 0 aromatic heterocycles. The van der Waals surface area contributed by atoms with E-state index in [0.29, 0.717) is 0 Å². The van der Waals surface area contributed by atoms with Gasteiger partial charge in [-0.15, -0.1) is 0 Å². The fourth-order valence-electron chi connectivity index (χ4n) is 0.923. The van der Waals surface area contributed by atoms with Gasteiger partial charge in [0.05, 0.1) is 0 Å². The zero-order valence-electron chi connectivity index (χ0n) is 13.8. The third kappa shape index (κ3) is 40.3. The standard InChI is InChI=1S/C9H10O2.7CO.2Cr/c1-10-7-8-5-3-4-6-9(8)11-2;7*1-2;;/h3-6H,1-2H3;;;;;;;;;. The van der Waals surface area contributed by atoms with Crippen molar-refractivity contribution < 1.29 is 75.3 Å². The van der Waals surface area contributed by atoms with Gasteiger partial charge in [0, 0.05) is 17.4 Å². The van der Waals surface area contributed by atoms with E-state index in [2.05, 4.69) is 62.4 Å². The molecule has 0 aliphatic rings. The molecule has 0 aliphatic carbocycles. The van der Waals surface area contributed by atoms with Crippen LogP contribution in [0.1, 0.15) is 5.56 Å². The zero-order chi connectivity index (χ0) is 23.0. The molecule has 1 rings (SSSR count). The van der Waals surface area contributed by atoms with Crippen LogP contribution < -0.4 is 4.74 Å². The van der Waals surface area contributed by atoms with E-state index < -0.39 is 0 Å². The molecular weight excluding hydrogens is 440 g/mol. The molecule has 0 bridgehead atoms. The van der Waals surface area contributed by atoms with Crippen LogP contribution in [0.5, 0.6) is 5.75 Å². The van der Waals surface area contributed by atoms with Gasteiger partial charge in [0.2, 0.25) is 0 Å². The molecule has 1 aromatic carbocycles. The van der Waals surface area contributed by atoms with Gasteiger partial charge in [-0.05, 0) is 0 Å². The minimum atomic E-state index is 0. The van der Waals surface area contributed by atoms with Gasteiger partial charge in [0.25, 0.3) is 0 Å². The summed E-state index contributed by atoms with van der Waals surface area (Å²) < 4.78 is 63.5. The van der Waals surface area contributed by atoms with Crippen molar-refractivity contribution in [3.8, 4) is 5.75 Å². The molecule has 1 aromatic rings. The van der Waals surface area contributed by atoms with Gasteiger partial charge < -0.3 is 0 Å². The Morgan fingerprint density at radius 3 is 1.26 bits per heavy atom. The summed E-state index contributed by atoms with van der Waals surface area (Å²) >= 11 is 2.83. The molecule has 0 radical (unpaired) electrons. The van der Waals surface area contributed by atoms with E-state index in [1.54, 1.807) is 14.2 Å². The molecule has 0 aliphatic heterocycles. The van der Waals surface area contributed by atoms with E-state index in [4.69, 9.17) is 42.0 Å². The van der Waals surface area contributed by atoms with Crippen LogP contribution in [-0.4, -0.2) is 18.8 Å². The minimum Gasteiger partial charge on any atom is 0 e. The summed E-state index contributed by atoms with van der Waals surface area (Å²) in [5, 5.41) is 0. The second kappa shape index (κ2) is 74.9. The number of ether oxygens (including phenoxy) is 2. The maximum Gasteiger partial charge on any atom is 0 e. The number of hydrogen-bond acceptors (Lipinski definition) is 2. The van der Waals surface area contributed by atoms with Crippen molar-refractivity contribution in [3.05, 3.63) is 76.4 Å². The number of hydrogen-bond donors (Lipinski definition) is 0. The molecule has 11 heteroatoms. The van der Waals surface area contributed by atoms with E-state index in [0.717, 1.165) is 15.9 Å². The van der Waals surface area contributed by atoms with Crippen molar-refractivity contribution in [1.82, 2.24) is 0 Å². The Kier molecular flexibility index (Phi) is 138. The van der Waals surface area contributed by atoms with Crippen molar-refractivity contribution in [2.75, 3.05) is 14.2 Å². The van der Waals surface area contributed by atoms with Gasteiger partial charge in [-0.1, -0.05) is 0 Å². The fourth-order valence-corrected chi connectivity index (χ4v) is 1.19. The van der Waals surface area contributed by atoms with Crippen molar-refractivity contribution in [3.63, 3.8) is 0 Å². The first-order valence-electron chi connectivity index (χ1n) is 4.94. The summed E-state index contributed by atoms with van der Waals surface area (Å²) in [5.41, 5.74) is 0.947. The monoisotopic (exact) mass is 450 g/mol. The predicted molar refractivity (Wildman–Crippen MR) is 71.6 cm³/mol. The molecule has 27 heavy (non-hydrogen) atoms. The van der Waals surface area contributed by atoms with Gasteiger partial charge in [-0.2, -0.15) is 0 Å². The van der Waals surface area contributed by atoms with Crippen LogP contribution in [-0.2, 0) is 70.5 Å². The normalized spacial score (nSPS) is 4.74. The Hall–Kier alpha value is -1.91. The summed E-state index contributed by atoms with van der Waals surface area (Å²) in [7, 11) is 3.26. The van der Waals surface area contributed by atoms with Crippen LogP contribution in [0.4, 0.5) is 0 Å². The van der Waals surface area contributed by atoms with E-state index in [-0.39, 0.29) is 17.4 Å². The van der Waals surface area contributed by atoms with Crippen LogP contribution in [0.3, 0.4) is 0 Å². The number of rotatable bonds is 3. The summed E-state index contributed by atoms with van der Waals surface area (Å²) in [6.07, 6.45) is 0. The average Bonchev–Trinajstić information content (AvgIpc) is 2.82. The number of para-hydroxylation sites is 1. The Morgan fingerprint density at radius 2 is 1.00 bits per heavy atom. The number of benzene rings is 1. The third-order valence-electron chi connectivity index (χ3n) is 1.51. The second-order valence-corrected chi connectivity index (χ2v) is 2.77. The molecule has 0 atom stereocenters. The fraction of sp³-hybridized carbons (Fsp3) is 0.125. The van der Waals surface area contributed by atoms with Crippen LogP contribution in [0, 0.1) is 46.6 Å². The second-order valence-electron chi connectivity index (χ2n) is 2.19. The Morgan fingerprint density at radius 1 is 0.704 bits per heavy atom. The van der Waals surface area contributed by atoms with Gasteiger partial charge in [0.15, 0.2) is 0 Å². The van der Waals surface area contributed by atoms with E-state index in [1.165, 1.54) is 0 Å². The van der Waals surface area contributed by atoms with E-state index in [9.17, 15) is 0 Å². The SMILES string of the molecule is CO[C](=[Cr])c1ccccc1OC.[C-]#[O+].[C-]#[O+].[C-]#[O+].[C-]#[O+].[C-]#[O+].[C-]#[O+].[C-]#[O+].[Cr]. The largest absolute Gasteiger partial charge is 0 e. The molecule has 140 valence electrons. The Labute approximate surface area is 176 Å². The Bertz CT molecular complexity index is 497. The van der Waals surface area contributed by atoms with Crippen LogP contribution >= 0.6 is 0 Å². The van der Waals surface area contributed by atoms with Crippen molar-refractivity contribution in [2.24, 2.45) is 0 Å². The summed E-state index contributed by atoms with van der Waals surface area (Å²) in [6, 6.07) is 7.69. The van der Waals surface area contributed by atoms with Crippen molar-refractivity contribution in [1.29, 1.82) is 0 Å². The third-order valence-corrected chi connectivity index (χ3v) is 2.12. The van der Waals surface area contributed by atoms with Gasteiger partial charge >= 0.3 is 159 Å². The van der Waals surface area contributed by atoms with Crippen molar-refractivity contribution in [2.45, 2.75) is 0 Å². The maximum atomic E-state index is 7.50. The predicted octanol–water partition coefficient (Wildman–Crippen LogP) is 1.10. The molecule has 9 nitrogen and oxygen atoms in total. The molecule has 0 fully saturated rings.